The van der Waals surface area contributed by atoms with E-state index in [9.17, 15) is 14.3 Å². The second-order valence-electron chi connectivity index (χ2n) is 9.17. The van der Waals surface area contributed by atoms with Gasteiger partial charge in [0.15, 0.2) is 5.82 Å². The number of ether oxygens (including phenoxy) is 1. The Balaban J connectivity index is 1.64. The van der Waals surface area contributed by atoms with Crippen LogP contribution in [0.1, 0.15) is 31.2 Å². The van der Waals surface area contributed by atoms with Gasteiger partial charge in [0.25, 0.3) is 0 Å². The van der Waals surface area contributed by atoms with Crippen LogP contribution in [0.15, 0.2) is 39.5 Å². The monoisotopic (exact) mass is 461 g/mol. The van der Waals surface area contributed by atoms with Crippen molar-refractivity contribution < 1.29 is 18.7 Å². The molecule has 7 nitrogen and oxygen atoms in total. The molecule has 34 heavy (non-hydrogen) atoms. The molecule has 8 heteroatoms. The second kappa shape index (κ2) is 7.68. The first kappa shape index (κ1) is 20.9. The fourth-order valence-corrected chi connectivity index (χ4v) is 5.34. The summed E-state index contributed by atoms with van der Waals surface area (Å²) in [5, 5.41) is 11.4. The van der Waals surface area contributed by atoms with Gasteiger partial charge in [0.2, 0.25) is 0 Å². The van der Waals surface area contributed by atoms with Gasteiger partial charge in [-0.15, -0.1) is 0 Å². The number of phenols is 1. The number of aromatic nitrogens is 2. The SMILES string of the molecule is COc1nc(N2CCCC2C2CC2)c2c(=O)oc(-c3cc(O)cc4cccc(F)c34)c(C)c2n1. The lowest BCUT2D eigenvalue weighted by molar-refractivity contribution is 0.381. The summed E-state index contributed by atoms with van der Waals surface area (Å²) < 4.78 is 26.1. The van der Waals surface area contributed by atoms with E-state index in [1.54, 1.807) is 19.1 Å². The van der Waals surface area contributed by atoms with Crippen LogP contribution in [0, 0.1) is 18.7 Å². The molecule has 4 aromatic rings. The predicted molar refractivity (Wildman–Crippen MR) is 127 cm³/mol. The molecule has 6 rings (SSSR count). The molecule has 1 saturated carbocycles. The third-order valence-electron chi connectivity index (χ3n) is 7.04. The number of hydrogen-bond acceptors (Lipinski definition) is 7. The molecule has 2 aliphatic rings. The molecule has 174 valence electrons. The number of aromatic hydroxyl groups is 1. The van der Waals surface area contributed by atoms with Gasteiger partial charge in [-0.1, -0.05) is 12.1 Å². The molecule has 1 aliphatic carbocycles. The van der Waals surface area contributed by atoms with E-state index in [1.165, 1.54) is 38.2 Å². The maximum atomic E-state index is 14.9. The molecular weight excluding hydrogens is 437 g/mol. The highest BCUT2D eigenvalue weighted by Gasteiger charge is 2.40. The van der Waals surface area contributed by atoms with E-state index in [2.05, 4.69) is 14.9 Å². The van der Waals surface area contributed by atoms with Gasteiger partial charge in [-0.2, -0.15) is 9.97 Å². The highest BCUT2D eigenvalue weighted by atomic mass is 19.1. The number of hydrogen-bond donors (Lipinski definition) is 1. The van der Waals surface area contributed by atoms with Crippen molar-refractivity contribution in [3.63, 3.8) is 0 Å². The van der Waals surface area contributed by atoms with Crippen LogP contribution in [0.4, 0.5) is 10.2 Å². The molecule has 3 heterocycles. The van der Waals surface area contributed by atoms with Gasteiger partial charge in [0, 0.05) is 29.1 Å². The van der Waals surface area contributed by atoms with E-state index in [0.29, 0.717) is 45.2 Å². The Bertz CT molecular complexity index is 1510. The number of aryl methyl sites for hydroxylation is 1. The van der Waals surface area contributed by atoms with Gasteiger partial charge in [-0.05, 0) is 62.1 Å². The first-order valence-electron chi connectivity index (χ1n) is 11.5. The van der Waals surface area contributed by atoms with Crippen LogP contribution < -0.4 is 15.3 Å². The zero-order valence-electron chi connectivity index (χ0n) is 19.0. The van der Waals surface area contributed by atoms with Crippen LogP contribution in [-0.4, -0.2) is 34.8 Å². The Labute approximate surface area is 194 Å². The maximum absolute atomic E-state index is 14.9. The number of fused-ring (bicyclic) bond motifs is 2. The predicted octanol–water partition coefficient (Wildman–Crippen LogP) is 4.94. The summed E-state index contributed by atoms with van der Waals surface area (Å²) in [4.78, 5) is 24.7. The highest BCUT2D eigenvalue weighted by molar-refractivity contribution is 6.00. The number of nitrogens with zero attached hydrogens (tertiary/aromatic N) is 3. The normalized spacial score (nSPS) is 18.2. The molecule has 0 bridgehead atoms. The van der Waals surface area contributed by atoms with Crippen LogP contribution in [0.5, 0.6) is 11.8 Å². The molecule has 0 radical (unpaired) electrons. The Kier molecular flexibility index (Phi) is 4.72. The van der Waals surface area contributed by atoms with Gasteiger partial charge in [0.05, 0.1) is 12.6 Å². The summed E-state index contributed by atoms with van der Waals surface area (Å²) in [7, 11) is 1.49. The van der Waals surface area contributed by atoms with Crippen molar-refractivity contribution in [1.29, 1.82) is 0 Å². The number of benzene rings is 2. The van der Waals surface area contributed by atoms with E-state index in [0.717, 1.165) is 19.4 Å². The average molecular weight is 461 g/mol. The fourth-order valence-electron chi connectivity index (χ4n) is 5.34. The minimum Gasteiger partial charge on any atom is -0.508 e. The van der Waals surface area contributed by atoms with Crippen LogP contribution in [0.3, 0.4) is 0 Å². The molecule has 1 N–H and O–H groups in total. The topological polar surface area (TPSA) is 88.7 Å². The first-order valence-corrected chi connectivity index (χ1v) is 11.5. The summed E-state index contributed by atoms with van der Waals surface area (Å²) in [6, 6.07) is 8.00. The first-order chi connectivity index (χ1) is 16.5. The fraction of sp³-hybridized carbons (Fsp3) is 0.346. The van der Waals surface area contributed by atoms with Crippen LogP contribution in [0.2, 0.25) is 0 Å². The van der Waals surface area contributed by atoms with E-state index in [4.69, 9.17) is 9.15 Å². The molecule has 1 atom stereocenters. The maximum Gasteiger partial charge on any atom is 0.349 e. The molecule has 1 aliphatic heterocycles. The minimum atomic E-state index is -0.595. The molecule has 1 unspecified atom stereocenters. The van der Waals surface area contributed by atoms with Gasteiger partial charge in [-0.25, -0.2) is 9.18 Å². The number of halogens is 1. The molecule has 2 aromatic carbocycles. The lowest BCUT2D eigenvalue weighted by Gasteiger charge is -2.26. The quantitative estimate of drug-likeness (QED) is 0.460. The van der Waals surface area contributed by atoms with Crippen molar-refractivity contribution in [3.8, 4) is 23.1 Å². The van der Waals surface area contributed by atoms with E-state index >= 15 is 0 Å². The molecular formula is C26H24FN3O4. The smallest absolute Gasteiger partial charge is 0.349 e. The summed E-state index contributed by atoms with van der Waals surface area (Å²) in [5.74, 6) is 0.787. The van der Waals surface area contributed by atoms with E-state index < -0.39 is 11.4 Å². The zero-order valence-corrected chi connectivity index (χ0v) is 19.0. The van der Waals surface area contributed by atoms with Crippen molar-refractivity contribution in [2.45, 2.75) is 38.6 Å². The van der Waals surface area contributed by atoms with Crippen LogP contribution >= 0.6 is 0 Å². The molecule has 2 aromatic heterocycles. The molecule has 2 fully saturated rings. The van der Waals surface area contributed by atoms with E-state index in [1.807, 2.05) is 0 Å². The van der Waals surface area contributed by atoms with Crippen molar-refractivity contribution in [1.82, 2.24) is 9.97 Å². The average Bonchev–Trinajstić information content (AvgIpc) is 3.56. The van der Waals surface area contributed by atoms with Crippen molar-refractivity contribution in [3.05, 3.63) is 52.1 Å². The van der Waals surface area contributed by atoms with E-state index in [-0.39, 0.29) is 22.9 Å². The standard InChI is InChI=1S/C26H24FN3O4/c1-13-22-21(24(29-26(28-22)33-2)30-10-4-7-19(30)14-8-9-14)25(32)34-23(13)17-12-16(31)11-15-5-3-6-18(27)20(15)17/h3,5-6,11-12,14,19,31H,4,7-10H2,1-2H3. The Morgan fingerprint density at radius 1 is 1.18 bits per heavy atom. The summed E-state index contributed by atoms with van der Waals surface area (Å²) >= 11 is 0. The number of anilines is 1. The van der Waals surface area contributed by atoms with Crippen LogP contribution in [-0.2, 0) is 0 Å². The lowest BCUT2D eigenvalue weighted by atomic mass is 9.98. The number of methoxy groups -OCH3 is 1. The Hall–Kier alpha value is -3.68. The molecule has 0 spiro atoms. The van der Waals surface area contributed by atoms with Gasteiger partial charge < -0.3 is 19.2 Å². The van der Waals surface area contributed by atoms with Gasteiger partial charge in [0.1, 0.15) is 22.7 Å². The van der Waals surface area contributed by atoms with Crippen molar-refractivity contribution in [2.24, 2.45) is 5.92 Å². The highest BCUT2D eigenvalue weighted by Crippen LogP contribution is 2.44. The summed E-state index contributed by atoms with van der Waals surface area (Å²) in [5.41, 5.74) is 0.652. The van der Waals surface area contributed by atoms with Crippen molar-refractivity contribution >= 4 is 27.5 Å². The molecule has 0 amide bonds. The third kappa shape index (κ3) is 3.20. The zero-order chi connectivity index (χ0) is 23.6. The third-order valence-corrected chi connectivity index (χ3v) is 7.04. The summed E-state index contributed by atoms with van der Waals surface area (Å²) in [6.07, 6.45) is 4.48. The number of phenolic OH excluding ortho intramolecular Hbond substituents is 1. The summed E-state index contributed by atoms with van der Waals surface area (Å²) in [6.45, 7) is 2.58. The Morgan fingerprint density at radius 2 is 2.00 bits per heavy atom. The lowest BCUT2D eigenvalue weighted by Crippen LogP contribution is -2.32. The van der Waals surface area contributed by atoms with Crippen molar-refractivity contribution in [2.75, 3.05) is 18.6 Å². The second-order valence-corrected chi connectivity index (χ2v) is 9.17. The largest absolute Gasteiger partial charge is 0.508 e. The minimum absolute atomic E-state index is 0.0551. The van der Waals surface area contributed by atoms with Gasteiger partial charge in [-0.3, -0.25) is 0 Å². The number of rotatable bonds is 4. The molecule has 1 saturated heterocycles. The van der Waals surface area contributed by atoms with Gasteiger partial charge >= 0.3 is 11.6 Å². The van der Waals surface area contributed by atoms with Crippen LogP contribution in [0.25, 0.3) is 33.0 Å². The Morgan fingerprint density at radius 3 is 2.76 bits per heavy atom.